The van der Waals surface area contributed by atoms with Crippen LogP contribution in [0.15, 0.2) is 51.7 Å². The highest BCUT2D eigenvalue weighted by Crippen LogP contribution is 2.28. The maximum absolute atomic E-state index is 12.4. The highest BCUT2D eigenvalue weighted by Gasteiger charge is 2.15. The third-order valence-corrected chi connectivity index (χ3v) is 3.95. The molecule has 22 heavy (non-hydrogen) atoms. The van der Waals surface area contributed by atoms with Crippen LogP contribution in [0.25, 0.3) is 22.1 Å². The van der Waals surface area contributed by atoms with Crippen molar-refractivity contribution in [1.29, 1.82) is 0 Å². The molecule has 0 amide bonds. The Labute approximate surface area is 128 Å². The first-order valence-electron chi connectivity index (χ1n) is 7.13. The van der Waals surface area contributed by atoms with Gasteiger partial charge in [-0.3, -0.25) is 4.79 Å². The van der Waals surface area contributed by atoms with Crippen molar-refractivity contribution in [1.82, 2.24) is 0 Å². The molecule has 0 bridgehead atoms. The maximum Gasteiger partial charge on any atom is 0.344 e. The SMILES string of the molecule is CC(=O)c1cc2c(C)c(-c3ccccc3)c(=O)oc2cc1C. The third-order valence-electron chi connectivity index (χ3n) is 3.95. The molecule has 0 atom stereocenters. The van der Waals surface area contributed by atoms with Gasteiger partial charge in [-0.2, -0.15) is 0 Å². The van der Waals surface area contributed by atoms with Gasteiger partial charge >= 0.3 is 5.63 Å². The summed E-state index contributed by atoms with van der Waals surface area (Å²) in [5, 5.41) is 0.800. The van der Waals surface area contributed by atoms with Gasteiger partial charge in [0.2, 0.25) is 0 Å². The molecular formula is C19H16O3. The fraction of sp³-hybridized carbons (Fsp3) is 0.158. The fourth-order valence-corrected chi connectivity index (χ4v) is 2.82. The normalized spacial score (nSPS) is 10.9. The molecule has 0 N–H and O–H groups in total. The lowest BCUT2D eigenvalue weighted by molar-refractivity contribution is 0.101. The van der Waals surface area contributed by atoms with E-state index >= 15 is 0 Å². The number of ketones is 1. The standard InChI is InChI=1S/C19H16O3/c1-11-9-17-16(10-15(11)13(3)20)12(2)18(19(21)22-17)14-7-5-4-6-8-14/h4-10H,1-3H3. The molecule has 3 nitrogen and oxygen atoms in total. The second kappa shape index (κ2) is 5.26. The highest BCUT2D eigenvalue weighted by atomic mass is 16.4. The molecular weight excluding hydrogens is 276 g/mol. The van der Waals surface area contributed by atoms with E-state index < -0.39 is 0 Å². The monoisotopic (exact) mass is 292 g/mol. The summed E-state index contributed by atoms with van der Waals surface area (Å²) in [5.41, 5.74) is 3.83. The van der Waals surface area contributed by atoms with Gasteiger partial charge < -0.3 is 4.42 Å². The number of Topliss-reactive ketones (excluding diaryl/α,β-unsaturated/α-hetero) is 1. The van der Waals surface area contributed by atoms with E-state index in [1.54, 1.807) is 13.0 Å². The van der Waals surface area contributed by atoms with Gasteiger partial charge in [0, 0.05) is 10.9 Å². The number of carbonyl (C=O) groups excluding carboxylic acids is 1. The first-order valence-corrected chi connectivity index (χ1v) is 7.13. The predicted molar refractivity (Wildman–Crippen MR) is 87.4 cm³/mol. The average Bonchev–Trinajstić information content (AvgIpc) is 2.47. The van der Waals surface area contributed by atoms with E-state index in [0.29, 0.717) is 16.7 Å². The smallest absolute Gasteiger partial charge is 0.344 e. The Balaban J connectivity index is 2.39. The Hall–Kier alpha value is -2.68. The van der Waals surface area contributed by atoms with E-state index in [9.17, 15) is 9.59 Å². The van der Waals surface area contributed by atoms with Crippen LogP contribution in [0, 0.1) is 13.8 Å². The molecule has 0 unspecified atom stereocenters. The second-order valence-corrected chi connectivity index (χ2v) is 5.48. The molecule has 0 aliphatic rings. The summed E-state index contributed by atoms with van der Waals surface area (Å²) in [4.78, 5) is 24.1. The van der Waals surface area contributed by atoms with Crippen LogP contribution in [0.2, 0.25) is 0 Å². The zero-order chi connectivity index (χ0) is 15.9. The summed E-state index contributed by atoms with van der Waals surface area (Å²) in [6.07, 6.45) is 0. The average molecular weight is 292 g/mol. The van der Waals surface area contributed by atoms with Crippen molar-refractivity contribution >= 4 is 16.8 Å². The molecule has 0 fully saturated rings. The van der Waals surface area contributed by atoms with Crippen molar-refractivity contribution in [3.8, 4) is 11.1 Å². The number of carbonyl (C=O) groups is 1. The lowest BCUT2D eigenvalue weighted by Gasteiger charge is -2.10. The highest BCUT2D eigenvalue weighted by molar-refractivity contribution is 6.00. The Morgan fingerprint density at radius 2 is 1.73 bits per heavy atom. The zero-order valence-electron chi connectivity index (χ0n) is 12.8. The molecule has 2 aromatic carbocycles. The van der Waals surface area contributed by atoms with E-state index in [0.717, 1.165) is 22.1 Å². The van der Waals surface area contributed by atoms with Crippen LogP contribution in [0.4, 0.5) is 0 Å². The summed E-state index contributed by atoms with van der Waals surface area (Å²) >= 11 is 0. The molecule has 3 heteroatoms. The van der Waals surface area contributed by atoms with Gasteiger partial charge in [-0.1, -0.05) is 30.3 Å². The van der Waals surface area contributed by atoms with Crippen LogP contribution in [0.5, 0.6) is 0 Å². The zero-order valence-corrected chi connectivity index (χ0v) is 12.8. The molecule has 3 aromatic rings. The topological polar surface area (TPSA) is 47.3 Å². The first kappa shape index (κ1) is 14.3. The van der Waals surface area contributed by atoms with Crippen molar-refractivity contribution in [2.75, 3.05) is 0 Å². The van der Waals surface area contributed by atoms with Crippen molar-refractivity contribution in [2.45, 2.75) is 20.8 Å². The molecule has 110 valence electrons. The third kappa shape index (κ3) is 2.25. The number of benzene rings is 2. The summed E-state index contributed by atoms with van der Waals surface area (Å²) in [6.45, 7) is 5.28. The van der Waals surface area contributed by atoms with Crippen molar-refractivity contribution < 1.29 is 9.21 Å². The minimum absolute atomic E-state index is 0.00580. The molecule has 1 heterocycles. The van der Waals surface area contributed by atoms with Gasteiger partial charge in [-0.05, 0) is 49.6 Å². The van der Waals surface area contributed by atoms with Gasteiger partial charge in [-0.25, -0.2) is 4.79 Å². The van der Waals surface area contributed by atoms with Crippen LogP contribution in [0.1, 0.15) is 28.4 Å². The van der Waals surface area contributed by atoms with E-state index in [4.69, 9.17) is 4.42 Å². The second-order valence-electron chi connectivity index (χ2n) is 5.48. The summed E-state index contributed by atoms with van der Waals surface area (Å²) < 4.78 is 5.48. The van der Waals surface area contributed by atoms with Gasteiger partial charge in [-0.15, -0.1) is 0 Å². The van der Waals surface area contributed by atoms with Gasteiger partial charge in [0.05, 0.1) is 5.56 Å². The van der Waals surface area contributed by atoms with Crippen LogP contribution >= 0.6 is 0 Å². The first-order chi connectivity index (χ1) is 10.5. The van der Waals surface area contributed by atoms with E-state index in [2.05, 4.69) is 0 Å². The van der Waals surface area contributed by atoms with Gasteiger partial charge in [0.25, 0.3) is 0 Å². The minimum Gasteiger partial charge on any atom is -0.422 e. The van der Waals surface area contributed by atoms with E-state index in [1.807, 2.05) is 50.2 Å². The lowest BCUT2D eigenvalue weighted by atomic mass is 9.96. The molecule has 0 aliphatic carbocycles. The quantitative estimate of drug-likeness (QED) is 0.523. The van der Waals surface area contributed by atoms with Gasteiger partial charge in [0.15, 0.2) is 5.78 Å². The van der Waals surface area contributed by atoms with Gasteiger partial charge in [0.1, 0.15) is 5.58 Å². The molecule has 0 saturated carbocycles. The molecule has 0 radical (unpaired) electrons. The Kier molecular flexibility index (Phi) is 3.41. The summed E-state index contributed by atoms with van der Waals surface area (Å²) in [7, 11) is 0. The number of rotatable bonds is 2. The Morgan fingerprint density at radius 1 is 1.05 bits per heavy atom. The van der Waals surface area contributed by atoms with Crippen LogP contribution in [-0.4, -0.2) is 5.78 Å². The summed E-state index contributed by atoms with van der Waals surface area (Å²) in [6, 6.07) is 13.0. The minimum atomic E-state index is -0.355. The number of aryl methyl sites for hydroxylation is 2. The Bertz CT molecular complexity index is 934. The van der Waals surface area contributed by atoms with Crippen molar-refractivity contribution in [3.05, 3.63) is 69.6 Å². The van der Waals surface area contributed by atoms with Crippen LogP contribution in [0.3, 0.4) is 0 Å². The summed E-state index contributed by atoms with van der Waals surface area (Å²) in [5.74, 6) is 0.00580. The van der Waals surface area contributed by atoms with E-state index in [-0.39, 0.29) is 11.4 Å². The van der Waals surface area contributed by atoms with Crippen molar-refractivity contribution in [2.24, 2.45) is 0 Å². The molecule has 0 spiro atoms. The maximum atomic E-state index is 12.4. The molecule has 0 saturated heterocycles. The Morgan fingerprint density at radius 3 is 2.36 bits per heavy atom. The fourth-order valence-electron chi connectivity index (χ4n) is 2.82. The largest absolute Gasteiger partial charge is 0.422 e. The van der Waals surface area contributed by atoms with Crippen LogP contribution in [-0.2, 0) is 0 Å². The number of fused-ring (bicyclic) bond motifs is 1. The predicted octanol–water partition coefficient (Wildman–Crippen LogP) is 4.28. The number of hydrogen-bond donors (Lipinski definition) is 0. The van der Waals surface area contributed by atoms with Crippen LogP contribution < -0.4 is 5.63 Å². The van der Waals surface area contributed by atoms with Crippen molar-refractivity contribution in [3.63, 3.8) is 0 Å². The molecule has 0 aliphatic heterocycles. The van der Waals surface area contributed by atoms with E-state index in [1.165, 1.54) is 0 Å². The molecule has 1 aromatic heterocycles. The lowest BCUT2D eigenvalue weighted by Crippen LogP contribution is -2.07. The molecule has 3 rings (SSSR count). The number of hydrogen-bond acceptors (Lipinski definition) is 3.